The quantitative estimate of drug-likeness (QED) is 0.778. The zero-order valence-corrected chi connectivity index (χ0v) is 11.0. The smallest absolute Gasteiger partial charge is 0.0592 e. The van der Waals surface area contributed by atoms with Crippen molar-refractivity contribution < 1.29 is 0 Å². The number of aromatic nitrogens is 1. The fourth-order valence-corrected chi connectivity index (χ4v) is 3.07. The highest BCUT2D eigenvalue weighted by Crippen LogP contribution is 2.31. The first-order valence-corrected chi connectivity index (χ1v) is 6.66. The Morgan fingerprint density at radius 3 is 3.14 bits per heavy atom. The minimum atomic E-state index is 0.633. The van der Waals surface area contributed by atoms with Crippen molar-refractivity contribution in [2.75, 3.05) is 16.8 Å². The molecule has 0 aromatic carbocycles. The second-order valence-corrected chi connectivity index (χ2v) is 4.97. The zero-order chi connectivity index (χ0) is 9.97. The van der Waals surface area contributed by atoms with E-state index < -0.39 is 0 Å². The second kappa shape index (κ2) is 4.62. The summed E-state index contributed by atoms with van der Waals surface area (Å²) >= 11 is 7.11. The molecular weight excluding hydrogens is 308 g/mol. The molecule has 1 fully saturated rings. The molecule has 76 valence electrons. The molecule has 1 aliphatic heterocycles. The van der Waals surface area contributed by atoms with Gasteiger partial charge in [-0.15, -0.1) is 0 Å². The Kier molecular flexibility index (Phi) is 3.44. The lowest BCUT2D eigenvalue weighted by Gasteiger charge is -2.26. The summed E-state index contributed by atoms with van der Waals surface area (Å²) in [4.78, 5) is 6.53. The normalized spacial score (nSPS) is 21.6. The summed E-state index contributed by atoms with van der Waals surface area (Å²) in [5.41, 5.74) is 1.27. The van der Waals surface area contributed by atoms with Crippen LogP contribution in [0.25, 0.3) is 0 Å². The molecule has 1 unspecified atom stereocenters. The Morgan fingerprint density at radius 1 is 1.57 bits per heavy atom. The fraction of sp³-hybridized carbons (Fsp3) is 0.500. The van der Waals surface area contributed by atoms with Crippen LogP contribution in [0.1, 0.15) is 12.8 Å². The molecule has 0 bridgehead atoms. The maximum atomic E-state index is 4.08. The Balaban J connectivity index is 2.26. The first-order valence-electron chi connectivity index (χ1n) is 4.75. The summed E-state index contributed by atoms with van der Waals surface area (Å²) in [6.07, 6.45) is 6.27. The molecule has 1 saturated heterocycles. The maximum Gasteiger partial charge on any atom is 0.0592 e. The summed E-state index contributed by atoms with van der Waals surface area (Å²) in [6, 6.07) is 2.71. The topological polar surface area (TPSA) is 16.1 Å². The average molecular weight is 320 g/mol. The van der Waals surface area contributed by atoms with Gasteiger partial charge in [0, 0.05) is 30.3 Å². The van der Waals surface area contributed by atoms with E-state index >= 15 is 0 Å². The predicted molar refractivity (Wildman–Crippen MR) is 66.1 cm³/mol. The van der Waals surface area contributed by atoms with Crippen LogP contribution in [0.4, 0.5) is 5.69 Å². The molecule has 0 spiro atoms. The molecule has 0 aliphatic carbocycles. The van der Waals surface area contributed by atoms with Gasteiger partial charge < -0.3 is 4.90 Å². The van der Waals surface area contributed by atoms with E-state index in [-0.39, 0.29) is 0 Å². The van der Waals surface area contributed by atoms with Crippen molar-refractivity contribution >= 4 is 37.5 Å². The number of hydrogen-bond acceptors (Lipinski definition) is 2. The van der Waals surface area contributed by atoms with Crippen LogP contribution in [0.3, 0.4) is 0 Å². The largest absolute Gasteiger partial charge is 0.367 e. The predicted octanol–water partition coefficient (Wildman–Crippen LogP) is 3.21. The van der Waals surface area contributed by atoms with Crippen molar-refractivity contribution in [2.45, 2.75) is 18.9 Å². The van der Waals surface area contributed by atoms with Gasteiger partial charge in [0.05, 0.1) is 10.2 Å². The number of alkyl halides is 1. The molecule has 2 nitrogen and oxygen atoms in total. The fourth-order valence-electron chi connectivity index (χ4n) is 1.91. The lowest BCUT2D eigenvalue weighted by molar-refractivity contribution is 0.748. The molecule has 0 amide bonds. The van der Waals surface area contributed by atoms with Crippen LogP contribution in [-0.4, -0.2) is 22.9 Å². The van der Waals surface area contributed by atoms with Gasteiger partial charge in [-0.1, -0.05) is 15.9 Å². The highest BCUT2D eigenvalue weighted by molar-refractivity contribution is 9.10. The number of hydrogen-bond donors (Lipinski definition) is 0. The highest BCUT2D eigenvalue weighted by Gasteiger charge is 2.24. The van der Waals surface area contributed by atoms with E-state index in [1.165, 1.54) is 18.5 Å². The summed E-state index contributed by atoms with van der Waals surface area (Å²) < 4.78 is 1.09. The molecule has 4 heteroatoms. The molecule has 1 atom stereocenters. The van der Waals surface area contributed by atoms with Crippen molar-refractivity contribution in [3.63, 3.8) is 0 Å². The molecule has 0 radical (unpaired) electrons. The number of pyridine rings is 1. The number of nitrogens with zero attached hydrogens (tertiary/aromatic N) is 2. The molecule has 2 heterocycles. The second-order valence-electron chi connectivity index (χ2n) is 3.47. The van der Waals surface area contributed by atoms with E-state index in [0.29, 0.717) is 6.04 Å². The van der Waals surface area contributed by atoms with Crippen LogP contribution in [-0.2, 0) is 0 Å². The first kappa shape index (κ1) is 10.4. The third kappa shape index (κ3) is 1.96. The Labute approximate surface area is 101 Å². The lowest BCUT2D eigenvalue weighted by atomic mass is 10.2. The van der Waals surface area contributed by atoms with Crippen molar-refractivity contribution in [1.82, 2.24) is 4.98 Å². The minimum absolute atomic E-state index is 0.633. The first-order chi connectivity index (χ1) is 6.83. The van der Waals surface area contributed by atoms with E-state index in [2.05, 4.69) is 47.8 Å². The van der Waals surface area contributed by atoms with E-state index in [4.69, 9.17) is 0 Å². The van der Waals surface area contributed by atoms with Crippen LogP contribution in [0, 0.1) is 0 Å². The van der Waals surface area contributed by atoms with Crippen LogP contribution >= 0.6 is 31.9 Å². The monoisotopic (exact) mass is 318 g/mol. The van der Waals surface area contributed by atoms with Gasteiger partial charge in [0.25, 0.3) is 0 Å². The maximum absolute atomic E-state index is 4.08. The van der Waals surface area contributed by atoms with Gasteiger partial charge in [-0.05, 0) is 34.8 Å². The summed E-state index contributed by atoms with van der Waals surface area (Å²) in [6.45, 7) is 1.15. The van der Waals surface area contributed by atoms with Gasteiger partial charge in [-0.25, -0.2) is 0 Å². The molecule has 14 heavy (non-hydrogen) atoms. The SMILES string of the molecule is BrCC1CCCN1c1ccncc1Br. The van der Waals surface area contributed by atoms with Crippen molar-refractivity contribution in [2.24, 2.45) is 0 Å². The highest BCUT2D eigenvalue weighted by atomic mass is 79.9. The molecule has 2 rings (SSSR count). The van der Waals surface area contributed by atoms with E-state index in [1.54, 1.807) is 0 Å². The Hall–Kier alpha value is -0.0900. The molecular formula is C10H12Br2N2. The van der Waals surface area contributed by atoms with E-state index in [1.807, 2.05) is 12.4 Å². The molecule has 0 saturated carbocycles. The van der Waals surface area contributed by atoms with Gasteiger partial charge in [0.15, 0.2) is 0 Å². The number of halogens is 2. The standard InChI is InChI=1S/C10H12Br2N2/c11-6-8-2-1-5-14(8)10-3-4-13-7-9(10)12/h3-4,7-8H,1-2,5-6H2. The Morgan fingerprint density at radius 2 is 2.43 bits per heavy atom. The minimum Gasteiger partial charge on any atom is -0.367 e. The van der Waals surface area contributed by atoms with Crippen LogP contribution in [0.15, 0.2) is 22.9 Å². The van der Waals surface area contributed by atoms with Gasteiger partial charge in [0.1, 0.15) is 0 Å². The number of anilines is 1. The third-order valence-corrected chi connectivity index (χ3v) is 3.97. The third-order valence-electron chi connectivity index (χ3n) is 2.62. The average Bonchev–Trinajstić information content (AvgIpc) is 2.66. The lowest BCUT2D eigenvalue weighted by Crippen LogP contribution is -2.30. The molecule has 1 aliphatic rings. The summed E-state index contributed by atoms with van der Waals surface area (Å²) in [7, 11) is 0. The number of rotatable bonds is 2. The van der Waals surface area contributed by atoms with Crippen LogP contribution in [0.5, 0.6) is 0 Å². The van der Waals surface area contributed by atoms with Crippen LogP contribution in [0.2, 0.25) is 0 Å². The molecule has 0 N–H and O–H groups in total. The van der Waals surface area contributed by atoms with Gasteiger partial charge >= 0.3 is 0 Å². The van der Waals surface area contributed by atoms with Crippen molar-refractivity contribution in [3.05, 3.63) is 22.9 Å². The van der Waals surface area contributed by atoms with E-state index in [0.717, 1.165) is 16.3 Å². The van der Waals surface area contributed by atoms with Crippen LogP contribution < -0.4 is 4.90 Å². The zero-order valence-electron chi connectivity index (χ0n) is 7.79. The van der Waals surface area contributed by atoms with E-state index in [9.17, 15) is 0 Å². The summed E-state index contributed by atoms with van der Waals surface area (Å²) in [5.74, 6) is 0. The molecule has 1 aromatic rings. The molecule has 1 aromatic heterocycles. The van der Waals surface area contributed by atoms with Gasteiger partial charge in [-0.2, -0.15) is 0 Å². The van der Waals surface area contributed by atoms with Gasteiger partial charge in [0.2, 0.25) is 0 Å². The van der Waals surface area contributed by atoms with Gasteiger partial charge in [-0.3, -0.25) is 4.98 Å². The van der Waals surface area contributed by atoms with Crippen molar-refractivity contribution in [1.29, 1.82) is 0 Å². The van der Waals surface area contributed by atoms with Crippen molar-refractivity contribution in [3.8, 4) is 0 Å². The Bertz CT molecular complexity index is 317. The summed E-state index contributed by atoms with van der Waals surface area (Å²) in [5, 5.41) is 1.04.